The lowest BCUT2D eigenvalue weighted by Gasteiger charge is -2.05. The van der Waals surface area contributed by atoms with Crippen LogP contribution in [0.4, 0.5) is 0 Å². The van der Waals surface area contributed by atoms with Crippen LogP contribution in [-0.2, 0) is 19.5 Å². The van der Waals surface area contributed by atoms with Crippen molar-refractivity contribution in [2.24, 2.45) is 0 Å². The topological polar surface area (TPSA) is 55.6 Å². The first-order valence-electron chi connectivity index (χ1n) is 6.44. The Morgan fingerprint density at radius 2 is 2.06 bits per heavy atom. The van der Waals surface area contributed by atoms with E-state index in [9.17, 15) is 0 Å². The standard InChI is InChI=1S/C13H17N5/c1-2-4-11(5-3-1)8-9-18-13(15-16-17-18)10-14-12-6-7-12/h1-5,12,14H,6-10H2. The smallest absolute Gasteiger partial charge is 0.165 e. The molecule has 0 atom stereocenters. The van der Waals surface area contributed by atoms with Crippen molar-refractivity contribution in [1.82, 2.24) is 25.5 Å². The van der Waals surface area contributed by atoms with E-state index in [1.807, 2.05) is 10.7 Å². The summed E-state index contributed by atoms with van der Waals surface area (Å²) in [6.45, 7) is 1.60. The number of tetrazole rings is 1. The molecule has 0 bridgehead atoms. The third-order valence-electron chi connectivity index (χ3n) is 3.19. The van der Waals surface area contributed by atoms with E-state index >= 15 is 0 Å². The first-order valence-corrected chi connectivity index (χ1v) is 6.44. The third-order valence-corrected chi connectivity index (χ3v) is 3.19. The Labute approximate surface area is 106 Å². The fourth-order valence-corrected chi connectivity index (χ4v) is 1.93. The van der Waals surface area contributed by atoms with Gasteiger partial charge in [0.15, 0.2) is 5.82 Å². The normalized spacial score (nSPS) is 14.9. The second-order valence-electron chi connectivity index (χ2n) is 4.71. The highest BCUT2D eigenvalue weighted by Crippen LogP contribution is 2.18. The summed E-state index contributed by atoms with van der Waals surface area (Å²) < 4.78 is 1.89. The highest BCUT2D eigenvalue weighted by atomic mass is 15.5. The molecule has 18 heavy (non-hydrogen) atoms. The van der Waals surface area contributed by atoms with Crippen LogP contribution in [-0.4, -0.2) is 26.2 Å². The van der Waals surface area contributed by atoms with Gasteiger partial charge in [-0.2, -0.15) is 0 Å². The van der Waals surface area contributed by atoms with E-state index in [0.717, 1.165) is 25.3 Å². The molecule has 5 nitrogen and oxygen atoms in total. The van der Waals surface area contributed by atoms with E-state index in [1.54, 1.807) is 0 Å². The molecule has 1 N–H and O–H groups in total. The summed E-state index contributed by atoms with van der Waals surface area (Å²) in [6.07, 6.45) is 3.53. The van der Waals surface area contributed by atoms with Gasteiger partial charge >= 0.3 is 0 Å². The van der Waals surface area contributed by atoms with E-state index in [2.05, 4.69) is 45.1 Å². The Bertz CT molecular complexity index is 489. The first kappa shape index (κ1) is 11.3. The molecule has 1 fully saturated rings. The second kappa shape index (κ2) is 5.27. The Balaban J connectivity index is 1.56. The van der Waals surface area contributed by atoms with Gasteiger partial charge in [0, 0.05) is 12.6 Å². The van der Waals surface area contributed by atoms with Crippen molar-refractivity contribution in [3.63, 3.8) is 0 Å². The zero-order valence-electron chi connectivity index (χ0n) is 10.3. The summed E-state index contributed by atoms with van der Waals surface area (Å²) >= 11 is 0. The Hall–Kier alpha value is -1.75. The Morgan fingerprint density at radius 3 is 2.83 bits per heavy atom. The molecule has 0 saturated heterocycles. The molecule has 0 amide bonds. The summed E-state index contributed by atoms with van der Waals surface area (Å²) in [4.78, 5) is 0. The van der Waals surface area contributed by atoms with Crippen LogP contribution in [0.25, 0.3) is 0 Å². The number of nitrogens with one attached hydrogen (secondary N) is 1. The van der Waals surface area contributed by atoms with Gasteiger partial charge in [0.1, 0.15) is 0 Å². The molecule has 0 aliphatic heterocycles. The molecule has 1 aromatic heterocycles. The Morgan fingerprint density at radius 1 is 1.22 bits per heavy atom. The molecule has 0 spiro atoms. The SMILES string of the molecule is c1ccc(CCn2nnnc2CNC2CC2)cc1. The van der Waals surface area contributed by atoms with Crippen molar-refractivity contribution in [2.75, 3.05) is 0 Å². The molecule has 0 radical (unpaired) electrons. The molecular formula is C13H17N5. The number of aryl methyl sites for hydroxylation is 2. The van der Waals surface area contributed by atoms with Crippen LogP contribution in [0.3, 0.4) is 0 Å². The number of rotatable bonds is 6. The molecule has 5 heteroatoms. The summed E-state index contributed by atoms with van der Waals surface area (Å²) in [6, 6.07) is 11.1. The molecule has 3 rings (SSSR count). The lowest BCUT2D eigenvalue weighted by atomic mass is 10.1. The van der Waals surface area contributed by atoms with Crippen molar-refractivity contribution in [1.29, 1.82) is 0 Å². The van der Waals surface area contributed by atoms with Crippen molar-refractivity contribution < 1.29 is 0 Å². The number of hydrogen-bond acceptors (Lipinski definition) is 4. The molecule has 1 aliphatic carbocycles. The number of hydrogen-bond donors (Lipinski definition) is 1. The molecule has 94 valence electrons. The van der Waals surface area contributed by atoms with E-state index in [-0.39, 0.29) is 0 Å². The summed E-state index contributed by atoms with van der Waals surface area (Å²) in [7, 11) is 0. The lowest BCUT2D eigenvalue weighted by molar-refractivity contribution is 0.540. The van der Waals surface area contributed by atoms with E-state index in [1.165, 1.54) is 18.4 Å². The minimum Gasteiger partial charge on any atom is -0.307 e. The summed E-state index contributed by atoms with van der Waals surface area (Å²) in [5.74, 6) is 0.929. The van der Waals surface area contributed by atoms with Gasteiger partial charge in [-0.05, 0) is 35.3 Å². The molecule has 1 saturated carbocycles. The van der Waals surface area contributed by atoms with Crippen LogP contribution in [0.1, 0.15) is 24.2 Å². The monoisotopic (exact) mass is 243 g/mol. The number of benzene rings is 1. The summed E-state index contributed by atoms with van der Waals surface area (Å²) in [5.41, 5.74) is 1.31. The molecule has 0 unspecified atom stereocenters. The molecule has 2 aromatic rings. The largest absolute Gasteiger partial charge is 0.307 e. The zero-order chi connectivity index (χ0) is 12.2. The predicted molar refractivity (Wildman–Crippen MR) is 67.8 cm³/mol. The van der Waals surface area contributed by atoms with Gasteiger partial charge in [-0.3, -0.25) is 0 Å². The quantitative estimate of drug-likeness (QED) is 0.827. The minimum absolute atomic E-state index is 0.685. The fraction of sp³-hybridized carbons (Fsp3) is 0.462. The van der Waals surface area contributed by atoms with Gasteiger partial charge in [0.25, 0.3) is 0 Å². The van der Waals surface area contributed by atoms with Crippen molar-refractivity contribution in [3.8, 4) is 0 Å². The molecule has 1 aliphatic rings. The lowest BCUT2D eigenvalue weighted by Crippen LogP contribution is -2.19. The number of nitrogens with zero attached hydrogens (tertiary/aromatic N) is 4. The average molecular weight is 243 g/mol. The summed E-state index contributed by atoms with van der Waals surface area (Å²) in [5, 5.41) is 15.3. The van der Waals surface area contributed by atoms with Crippen molar-refractivity contribution >= 4 is 0 Å². The van der Waals surface area contributed by atoms with Gasteiger partial charge in [-0.25, -0.2) is 4.68 Å². The highest BCUT2D eigenvalue weighted by Gasteiger charge is 2.21. The maximum atomic E-state index is 4.07. The molecule has 1 aromatic carbocycles. The molecule has 1 heterocycles. The minimum atomic E-state index is 0.685. The maximum Gasteiger partial charge on any atom is 0.165 e. The van der Waals surface area contributed by atoms with E-state index < -0.39 is 0 Å². The van der Waals surface area contributed by atoms with Gasteiger partial charge in [0.2, 0.25) is 0 Å². The van der Waals surface area contributed by atoms with Gasteiger partial charge in [-0.15, -0.1) is 5.10 Å². The van der Waals surface area contributed by atoms with Crippen LogP contribution in [0, 0.1) is 0 Å². The van der Waals surface area contributed by atoms with Crippen LogP contribution < -0.4 is 5.32 Å². The van der Waals surface area contributed by atoms with Gasteiger partial charge < -0.3 is 5.32 Å². The predicted octanol–water partition coefficient (Wildman–Crippen LogP) is 1.17. The number of aromatic nitrogens is 4. The molecular weight excluding hydrogens is 226 g/mol. The van der Waals surface area contributed by atoms with Crippen molar-refractivity contribution in [3.05, 3.63) is 41.7 Å². The van der Waals surface area contributed by atoms with Crippen LogP contribution in [0.15, 0.2) is 30.3 Å². The van der Waals surface area contributed by atoms with Crippen molar-refractivity contribution in [2.45, 2.75) is 38.4 Å². The van der Waals surface area contributed by atoms with Gasteiger partial charge in [-0.1, -0.05) is 30.3 Å². The third kappa shape index (κ3) is 2.92. The second-order valence-corrected chi connectivity index (χ2v) is 4.71. The zero-order valence-corrected chi connectivity index (χ0v) is 10.3. The average Bonchev–Trinajstić information content (AvgIpc) is 3.14. The van der Waals surface area contributed by atoms with Gasteiger partial charge in [0.05, 0.1) is 6.54 Å². The van der Waals surface area contributed by atoms with E-state index in [4.69, 9.17) is 0 Å². The van der Waals surface area contributed by atoms with Crippen LogP contribution in [0.5, 0.6) is 0 Å². The highest BCUT2D eigenvalue weighted by molar-refractivity contribution is 5.14. The van der Waals surface area contributed by atoms with Crippen LogP contribution >= 0.6 is 0 Å². The van der Waals surface area contributed by atoms with E-state index in [0.29, 0.717) is 6.04 Å². The van der Waals surface area contributed by atoms with Crippen LogP contribution in [0.2, 0.25) is 0 Å². The first-order chi connectivity index (χ1) is 8.92. The Kier molecular flexibility index (Phi) is 3.32. The maximum absolute atomic E-state index is 4.07. The fourth-order valence-electron chi connectivity index (χ4n) is 1.93.